The van der Waals surface area contributed by atoms with Crippen LogP contribution in [0.25, 0.3) is 0 Å². The third-order valence-corrected chi connectivity index (χ3v) is 4.06. The molecule has 7 nitrogen and oxygen atoms in total. The van der Waals surface area contributed by atoms with Crippen molar-refractivity contribution in [2.45, 2.75) is 26.7 Å². The van der Waals surface area contributed by atoms with Gasteiger partial charge in [0.2, 0.25) is 0 Å². The molecule has 0 aliphatic carbocycles. The van der Waals surface area contributed by atoms with Crippen molar-refractivity contribution in [1.82, 2.24) is 15.3 Å². The minimum absolute atomic E-state index is 0.239. The molecule has 1 amide bonds. The van der Waals surface area contributed by atoms with Crippen LogP contribution in [0, 0.1) is 5.92 Å². The third kappa shape index (κ3) is 6.44. The van der Waals surface area contributed by atoms with E-state index < -0.39 is 0 Å². The van der Waals surface area contributed by atoms with Crippen LogP contribution in [-0.2, 0) is 6.42 Å². The fourth-order valence-corrected chi connectivity index (χ4v) is 2.47. The maximum absolute atomic E-state index is 12.2. The highest BCUT2D eigenvalue weighted by atomic mass is 16.5. The van der Waals surface area contributed by atoms with Crippen molar-refractivity contribution >= 4 is 11.7 Å². The number of aromatic nitrogens is 2. The van der Waals surface area contributed by atoms with Crippen molar-refractivity contribution in [2.75, 3.05) is 32.6 Å². The number of carbonyl (C=O) groups is 1. The second-order valence-corrected chi connectivity index (χ2v) is 6.59. The average molecular weight is 372 g/mol. The van der Waals surface area contributed by atoms with E-state index in [0.29, 0.717) is 41.9 Å². The second-order valence-electron chi connectivity index (χ2n) is 6.59. The Morgan fingerprint density at radius 1 is 1.07 bits per heavy atom. The van der Waals surface area contributed by atoms with Crippen molar-refractivity contribution in [3.63, 3.8) is 0 Å². The summed E-state index contributed by atoms with van der Waals surface area (Å²) in [6.07, 6.45) is 4.81. The SMILES string of the molecule is COc1ccc(CCNC(=O)c2cnc(NCCC(C)C)cn2)cc1OC. The van der Waals surface area contributed by atoms with Crippen LogP contribution < -0.4 is 20.1 Å². The van der Waals surface area contributed by atoms with Gasteiger partial charge in [-0.3, -0.25) is 4.79 Å². The van der Waals surface area contributed by atoms with Crippen molar-refractivity contribution in [3.05, 3.63) is 41.9 Å². The van der Waals surface area contributed by atoms with Crippen LogP contribution in [0.1, 0.15) is 36.3 Å². The minimum atomic E-state index is -0.239. The van der Waals surface area contributed by atoms with Gasteiger partial charge in [0.1, 0.15) is 11.5 Å². The molecule has 146 valence electrons. The van der Waals surface area contributed by atoms with Gasteiger partial charge < -0.3 is 20.1 Å². The third-order valence-electron chi connectivity index (χ3n) is 4.06. The summed E-state index contributed by atoms with van der Waals surface area (Å²) in [5, 5.41) is 6.06. The molecule has 0 aliphatic heterocycles. The number of ether oxygens (including phenoxy) is 2. The molecule has 0 radical (unpaired) electrons. The van der Waals surface area contributed by atoms with Crippen LogP contribution in [0.3, 0.4) is 0 Å². The van der Waals surface area contributed by atoms with Crippen molar-refractivity contribution in [1.29, 1.82) is 0 Å². The molecule has 1 heterocycles. The van der Waals surface area contributed by atoms with E-state index >= 15 is 0 Å². The molecular weight excluding hydrogens is 344 g/mol. The van der Waals surface area contributed by atoms with E-state index in [0.717, 1.165) is 18.5 Å². The number of carbonyl (C=O) groups excluding carboxylic acids is 1. The molecule has 0 saturated heterocycles. The molecule has 27 heavy (non-hydrogen) atoms. The highest BCUT2D eigenvalue weighted by molar-refractivity contribution is 5.91. The first-order chi connectivity index (χ1) is 13.0. The molecule has 2 N–H and O–H groups in total. The maximum Gasteiger partial charge on any atom is 0.271 e. The quantitative estimate of drug-likeness (QED) is 0.667. The zero-order valence-electron chi connectivity index (χ0n) is 16.4. The Morgan fingerprint density at radius 3 is 2.48 bits per heavy atom. The number of anilines is 1. The monoisotopic (exact) mass is 372 g/mol. The highest BCUT2D eigenvalue weighted by Crippen LogP contribution is 2.27. The molecule has 2 rings (SSSR count). The van der Waals surface area contributed by atoms with Crippen molar-refractivity contribution in [3.8, 4) is 11.5 Å². The molecule has 1 aromatic heterocycles. The highest BCUT2D eigenvalue weighted by Gasteiger charge is 2.09. The molecule has 1 aromatic carbocycles. The number of rotatable bonds is 10. The first kappa shape index (κ1) is 20.5. The topological polar surface area (TPSA) is 85.4 Å². The predicted molar refractivity (Wildman–Crippen MR) is 106 cm³/mol. The summed E-state index contributed by atoms with van der Waals surface area (Å²) in [5.74, 6) is 2.42. The fourth-order valence-electron chi connectivity index (χ4n) is 2.47. The van der Waals surface area contributed by atoms with Gasteiger partial charge in [0.05, 0.1) is 26.6 Å². The lowest BCUT2D eigenvalue weighted by atomic mass is 10.1. The van der Waals surface area contributed by atoms with E-state index in [1.54, 1.807) is 20.4 Å². The lowest BCUT2D eigenvalue weighted by Crippen LogP contribution is -2.26. The summed E-state index contributed by atoms with van der Waals surface area (Å²) in [6, 6.07) is 5.71. The summed E-state index contributed by atoms with van der Waals surface area (Å²) in [7, 11) is 3.20. The van der Waals surface area contributed by atoms with Gasteiger partial charge in [0, 0.05) is 13.1 Å². The van der Waals surface area contributed by atoms with Gasteiger partial charge in [-0.2, -0.15) is 0 Å². The Hall–Kier alpha value is -2.83. The van der Waals surface area contributed by atoms with E-state index in [2.05, 4.69) is 34.4 Å². The Bertz CT molecular complexity index is 733. The largest absolute Gasteiger partial charge is 0.493 e. The zero-order valence-corrected chi connectivity index (χ0v) is 16.4. The minimum Gasteiger partial charge on any atom is -0.493 e. The van der Waals surface area contributed by atoms with Gasteiger partial charge >= 0.3 is 0 Å². The Labute approximate surface area is 160 Å². The number of nitrogens with zero attached hydrogens (tertiary/aromatic N) is 2. The Morgan fingerprint density at radius 2 is 1.85 bits per heavy atom. The predicted octanol–water partition coefficient (Wildman–Crippen LogP) is 2.92. The summed E-state index contributed by atoms with van der Waals surface area (Å²) >= 11 is 0. The molecule has 0 saturated carbocycles. The van der Waals surface area contributed by atoms with E-state index in [1.165, 1.54) is 6.20 Å². The van der Waals surface area contributed by atoms with Gasteiger partial charge in [0.25, 0.3) is 5.91 Å². The van der Waals surface area contributed by atoms with Gasteiger partial charge in [-0.15, -0.1) is 0 Å². The van der Waals surface area contributed by atoms with Crippen LogP contribution in [0.5, 0.6) is 11.5 Å². The van der Waals surface area contributed by atoms with Gasteiger partial charge in [-0.05, 0) is 36.5 Å². The molecule has 7 heteroatoms. The maximum atomic E-state index is 12.2. The Balaban J connectivity index is 1.81. The Kier molecular flexibility index (Phi) is 7.85. The van der Waals surface area contributed by atoms with Crippen LogP contribution >= 0.6 is 0 Å². The van der Waals surface area contributed by atoms with Crippen molar-refractivity contribution in [2.24, 2.45) is 5.92 Å². The second kappa shape index (κ2) is 10.4. The molecule has 0 unspecified atom stereocenters. The number of benzene rings is 1. The van der Waals surface area contributed by atoms with Crippen LogP contribution in [0.4, 0.5) is 5.82 Å². The zero-order chi connectivity index (χ0) is 19.6. The van der Waals surface area contributed by atoms with Crippen LogP contribution in [0.2, 0.25) is 0 Å². The van der Waals surface area contributed by atoms with Crippen molar-refractivity contribution < 1.29 is 14.3 Å². The fraction of sp³-hybridized carbons (Fsp3) is 0.450. The molecule has 2 aromatic rings. The van der Waals surface area contributed by atoms with E-state index in [4.69, 9.17) is 9.47 Å². The van der Waals surface area contributed by atoms with Gasteiger partial charge in [-0.1, -0.05) is 19.9 Å². The van der Waals surface area contributed by atoms with E-state index in [9.17, 15) is 4.79 Å². The molecule has 0 spiro atoms. The first-order valence-electron chi connectivity index (χ1n) is 9.08. The summed E-state index contributed by atoms with van der Waals surface area (Å²) < 4.78 is 10.5. The molecule has 0 bridgehead atoms. The number of hydrogen-bond donors (Lipinski definition) is 2. The smallest absolute Gasteiger partial charge is 0.271 e. The standard InChI is InChI=1S/C20H28N4O3/c1-14(2)7-9-21-19-13-23-16(12-24-19)20(25)22-10-8-15-5-6-17(26-3)18(11-15)27-4/h5-6,11-14H,7-10H2,1-4H3,(H,21,24)(H,22,25). The lowest BCUT2D eigenvalue weighted by Gasteiger charge is -2.10. The summed E-state index contributed by atoms with van der Waals surface area (Å²) in [6.45, 7) is 5.67. The van der Waals surface area contributed by atoms with Gasteiger partial charge in [0.15, 0.2) is 11.5 Å². The number of hydrogen-bond acceptors (Lipinski definition) is 6. The van der Waals surface area contributed by atoms with Crippen LogP contribution in [-0.4, -0.2) is 43.2 Å². The number of methoxy groups -OCH3 is 2. The van der Waals surface area contributed by atoms with Gasteiger partial charge in [-0.25, -0.2) is 9.97 Å². The lowest BCUT2D eigenvalue weighted by molar-refractivity contribution is 0.0949. The average Bonchev–Trinajstić information content (AvgIpc) is 2.68. The molecule has 0 fully saturated rings. The molecule has 0 atom stereocenters. The number of amides is 1. The molecule has 0 aliphatic rings. The molecular formula is C20H28N4O3. The van der Waals surface area contributed by atoms with Crippen LogP contribution in [0.15, 0.2) is 30.6 Å². The first-order valence-corrected chi connectivity index (χ1v) is 9.08. The summed E-state index contributed by atoms with van der Waals surface area (Å²) in [4.78, 5) is 20.6. The number of nitrogens with one attached hydrogen (secondary N) is 2. The van der Waals surface area contributed by atoms with E-state index in [-0.39, 0.29) is 5.91 Å². The summed E-state index contributed by atoms with van der Waals surface area (Å²) in [5.41, 5.74) is 1.35. The normalized spacial score (nSPS) is 10.6. The van der Waals surface area contributed by atoms with E-state index in [1.807, 2.05) is 18.2 Å².